The first-order valence-electron chi connectivity index (χ1n) is 10.0. The summed E-state index contributed by atoms with van der Waals surface area (Å²) < 4.78 is 0. The van der Waals surface area contributed by atoms with Crippen LogP contribution < -0.4 is 9.80 Å². The molecular weight excluding hydrogens is 292 g/mol. The Morgan fingerprint density at radius 3 is 2.46 bits per heavy atom. The highest BCUT2D eigenvalue weighted by atomic mass is 15.3. The van der Waals surface area contributed by atoms with Crippen molar-refractivity contribution < 1.29 is 9.80 Å². The third-order valence-corrected chi connectivity index (χ3v) is 7.18. The second-order valence-electron chi connectivity index (χ2n) is 8.50. The molecule has 0 radical (unpaired) electrons. The lowest BCUT2D eigenvalue weighted by molar-refractivity contribution is -1.03. The van der Waals surface area contributed by atoms with Crippen molar-refractivity contribution in [3.63, 3.8) is 0 Å². The van der Waals surface area contributed by atoms with Gasteiger partial charge in [-0.05, 0) is 36.0 Å². The average molecular weight is 322 g/mol. The quantitative estimate of drug-likeness (QED) is 0.843. The molecule has 3 atom stereocenters. The van der Waals surface area contributed by atoms with E-state index in [1.54, 1.807) is 17.7 Å². The Morgan fingerprint density at radius 2 is 1.67 bits per heavy atom. The van der Waals surface area contributed by atoms with Gasteiger partial charge in [-0.15, -0.1) is 0 Å². The molecule has 2 bridgehead atoms. The second-order valence-corrected chi connectivity index (χ2v) is 8.50. The summed E-state index contributed by atoms with van der Waals surface area (Å²) in [6.45, 7) is 6.70. The lowest BCUT2D eigenvalue weighted by Gasteiger charge is -2.36. The number of fused-ring (bicyclic) bond motifs is 3. The van der Waals surface area contributed by atoms with Gasteiger partial charge in [0.15, 0.2) is 0 Å². The molecule has 2 aliphatic carbocycles. The van der Waals surface area contributed by atoms with Crippen LogP contribution in [0.2, 0.25) is 0 Å². The predicted molar refractivity (Wildman–Crippen MR) is 98.3 cm³/mol. The van der Waals surface area contributed by atoms with E-state index >= 15 is 0 Å². The zero-order chi connectivity index (χ0) is 15.9. The van der Waals surface area contributed by atoms with E-state index in [2.05, 4.69) is 42.5 Å². The van der Waals surface area contributed by atoms with Crippen LogP contribution in [-0.4, -0.2) is 32.2 Å². The van der Waals surface area contributed by atoms with E-state index in [0.717, 1.165) is 17.9 Å². The van der Waals surface area contributed by atoms with Gasteiger partial charge in [0.05, 0.1) is 6.04 Å². The minimum Gasteiger partial charge on any atom is -0.323 e. The van der Waals surface area contributed by atoms with Crippen molar-refractivity contribution in [1.29, 1.82) is 0 Å². The SMILES string of the molecule is c1ccc2c(C[NH+]3CC[NH+]([C@H]4C[C@H]5CC[C@@H]4C5)CC3)cccc2c1. The first-order chi connectivity index (χ1) is 11.9. The minimum atomic E-state index is 1.02. The molecule has 2 nitrogen and oxygen atoms in total. The smallest absolute Gasteiger partial charge is 0.127 e. The average Bonchev–Trinajstić information content (AvgIpc) is 3.26. The van der Waals surface area contributed by atoms with Gasteiger partial charge in [0.2, 0.25) is 0 Å². The summed E-state index contributed by atoms with van der Waals surface area (Å²) >= 11 is 0. The van der Waals surface area contributed by atoms with Gasteiger partial charge in [-0.25, -0.2) is 0 Å². The Hall–Kier alpha value is -1.38. The molecule has 2 aromatic rings. The number of benzene rings is 2. The number of piperazine rings is 1. The third-order valence-electron chi connectivity index (χ3n) is 7.18. The van der Waals surface area contributed by atoms with Gasteiger partial charge < -0.3 is 9.80 Å². The summed E-state index contributed by atoms with van der Waals surface area (Å²) in [7, 11) is 0. The van der Waals surface area contributed by atoms with Crippen molar-refractivity contribution >= 4 is 10.8 Å². The first kappa shape index (κ1) is 14.9. The van der Waals surface area contributed by atoms with Crippen molar-refractivity contribution in [1.82, 2.24) is 0 Å². The number of nitrogens with one attached hydrogen (secondary N) is 2. The Labute approximate surface area is 145 Å². The highest BCUT2D eigenvalue weighted by Crippen LogP contribution is 2.43. The van der Waals surface area contributed by atoms with Crippen molar-refractivity contribution in [2.75, 3.05) is 26.2 Å². The molecule has 24 heavy (non-hydrogen) atoms. The van der Waals surface area contributed by atoms with Crippen LogP contribution >= 0.6 is 0 Å². The van der Waals surface area contributed by atoms with Crippen LogP contribution in [0, 0.1) is 11.8 Å². The molecule has 2 N–H and O–H groups in total. The zero-order valence-corrected chi connectivity index (χ0v) is 14.6. The van der Waals surface area contributed by atoms with E-state index in [1.807, 2.05) is 4.90 Å². The van der Waals surface area contributed by atoms with Crippen LogP contribution in [0.15, 0.2) is 42.5 Å². The maximum absolute atomic E-state index is 2.34. The van der Waals surface area contributed by atoms with Crippen LogP contribution in [0.4, 0.5) is 0 Å². The standard InChI is InChI=1S/C22H28N2/c1-2-7-21-18(4-1)5-3-6-20(21)16-23-10-12-24(13-11-23)22-15-17-8-9-19(22)14-17/h1-7,17,19,22H,8-16H2/p+2/t17-,19+,22-/m0/s1. The molecular formula is C22H30N2+2. The lowest BCUT2D eigenvalue weighted by Crippen LogP contribution is -3.29. The van der Waals surface area contributed by atoms with Crippen LogP contribution in [0.1, 0.15) is 31.2 Å². The normalized spacial score (nSPS) is 35.6. The van der Waals surface area contributed by atoms with Gasteiger partial charge in [0.1, 0.15) is 32.7 Å². The van der Waals surface area contributed by atoms with Crippen LogP contribution in [0.5, 0.6) is 0 Å². The van der Waals surface area contributed by atoms with Gasteiger partial charge in [-0.1, -0.05) is 42.5 Å². The molecule has 1 aliphatic heterocycles. The molecule has 1 heterocycles. The van der Waals surface area contributed by atoms with Gasteiger partial charge >= 0.3 is 0 Å². The fourth-order valence-corrected chi connectivity index (χ4v) is 5.93. The highest BCUT2D eigenvalue weighted by Gasteiger charge is 2.46. The molecule has 0 amide bonds. The Kier molecular flexibility index (Phi) is 3.83. The number of hydrogen-bond acceptors (Lipinski definition) is 0. The molecule has 126 valence electrons. The molecule has 3 fully saturated rings. The van der Waals surface area contributed by atoms with Crippen molar-refractivity contribution in [2.24, 2.45) is 11.8 Å². The monoisotopic (exact) mass is 322 g/mol. The van der Waals surface area contributed by atoms with E-state index in [9.17, 15) is 0 Å². The number of quaternary nitrogens is 2. The second kappa shape index (κ2) is 6.16. The van der Waals surface area contributed by atoms with Gasteiger partial charge in [-0.2, -0.15) is 0 Å². The Morgan fingerprint density at radius 1 is 0.833 bits per heavy atom. The van der Waals surface area contributed by atoms with E-state index < -0.39 is 0 Å². The number of hydrogen-bond donors (Lipinski definition) is 2. The molecule has 2 saturated carbocycles. The molecule has 5 rings (SSSR count). The largest absolute Gasteiger partial charge is 0.323 e. The molecule has 2 aromatic carbocycles. The van der Waals surface area contributed by atoms with E-state index in [-0.39, 0.29) is 0 Å². The Balaban J connectivity index is 1.24. The van der Waals surface area contributed by atoms with E-state index in [1.165, 1.54) is 61.9 Å². The van der Waals surface area contributed by atoms with Gasteiger partial charge in [0, 0.05) is 17.9 Å². The predicted octanol–water partition coefficient (Wildman–Crippen LogP) is 1.31. The molecule has 2 heteroatoms. The van der Waals surface area contributed by atoms with Crippen LogP contribution in [0.25, 0.3) is 10.8 Å². The fraction of sp³-hybridized carbons (Fsp3) is 0.545. The first-order valence-corrected chi connectivity index (χ1v) is 10.0. The molecule has 0 aromatic heterocycles. The highest BCUT2D eigenvalue weighted by molar-refractivity contribution is 5.85. The van der Waals surface area contributed by atoms with Crippen molar-refractivity contribution in [3.05, 3.63) is 48.0 Å². The van der Waals surface area contributed by atoms with Gasteiger partial charge in [-0.3, -0.25) is 0 Å². The zero-order valence-electron chi connectivity index (χ0n) is 14.6. The van der Waals surface area contributed by atoms with E-state index in [4.69, 9.17) is 0 Å². The van der Waals surface area contributed by atoms with E-state index in [0.29, 0.717) is 0 Å². The summed E-state index contributed by atoms with van der Waals surface area (Å²) in [6, 6.07) is 16.7. The number of rotatable bonds is 3. The summed E-state index contributed by atoms with van der Waals surface area (Å²) in [5.41, 5.74) is 1.53. The molecule has 0 spiro atoms. The van der Waals surface area contributed by atoms with Gasteiger partial charge in [0.25, 0.3) is 0 Å². The summed E-state index contributed by atoms with van der Waals surface area (Å²) in [5, 5.41) is 2.84. The van der Waals surface area contributed by atoms with Crippen molar-refractivity contribution in [2.45, 2.75) is 38.3 Å². The third kappa shape index (κ3) is 2.66. The minimum absolute atomic E-state index is 1.02. The van der Waals surface area contributed by atoms with Crippen LogP contribution in [0.3, 0.4) is 0 Å². The maximum atomic E-state index is 2.34. The summed E-state index contributed by atoms with van der Waals surface area (Å²) in [4.78, 5) is 3.74. The topological polar surface area (TPSA) is 8.88 Å². The summed E-state index contributed by atoms with van der Waals surface area (Å²) in [6.07, 6.45) is 6.16. The fourth-order valence-electron chi connectivity index (χ4n) is 5.93. The molecule has 3 aliphatic rings. The molecule has 0 unspecified atom stereocenters. The maximum Gasteiger partial charge on any atom is 0.127 e. The van der Waals surface area contributed by atoms with Crippen molar-refractivity contribution in [3.8, 4) is 0 Å². The Bertz CT molecular complexity index is 711. The van der Waals surface area contributed by atoms with Crippen LogP contribution in [-0.2, 0) is 6.54 Å². The summed E-state index contributed by atoms with van der Waals surface area (Å²) in [5.74, 6) is 2.16. The molecule has 1 saturated heterocycles. The lowest BCUT2D eigenvalue weighted by atomic mass is 9.93.